The van der Waals surface area contributed by atoms with Crippen molar-refractivity contribution in [2.45, 2.75) is 59.3 Å². The lowest BCUT2D eigenvalue weighted by Gasteiger charge is -2.22. The molecule has 1 atom stereocenters. The molecule has 0 nitrogen and oxygen atoms in total. The monoisotopic (exact) mass is 322 g/mol. The minimum Gasteiger partial charge on any atom is -1.00 e. The van der Waals surface area contributed by atoms with Crippen molar-refractivity contribution in [1.82, 2.24) is 0 Å². The maximum Gasteiger partial charge on any atom is 0.0591 e. The van der Waals surface area contributed by atoms with E-state index < -0.39 is 7.26 Å². The summed E-state index contributed by atoms with van der Waals surface area (Å²) < 4.78 is 0. The first kappa shape index (κ1) is 26.9. The van der Waals surface area contributed by atoms with Crippen LogP contribution in [0.3, 0.4) is 0 Å². The molecule has 0 aromatic heterocycles. The molecule has 0 saturated heterocycles. The quantitative estimate of drug-likeness (QED) is 0.572. The summed E-state index contributed by atoms with van der Waals surface area (Å²) in [5, 5.41) is 0. The minimum atomic E-state index is -0.519. The fraction of sp³-hybridized carbons (Fsp3) is 1.00. The molecule has 0 fully saturated rings. The van der Waals surface area contributed by atoms with Gasteiger partial charge in [0.2, 0.25) is 0 Å². The highest BCUT2D eigenvalue weighted by Crippen LogP contribution is 2.57. The lowest BCUT2D eigenvalue weighted by Crippen LogP contribution is -3.00. The van der Waals surface area contributed by atoms with E-state index in [1.807, 2.05) is 0 Å². The number of halogens is 2. The zero-order chi connectivity index (χ0) is 10.9. The fourth-order valence-corrected chi connectivity index (χ4v) is 5.86. The van der Waals surface area contributed by atoms with Crippen molar-refractivity contribution in [3.8, 4) is 0 Å². The van der Waals surface area contributed by atoms with Crippen molar-refractivity contribution in [3.63, 3.8) is 0 Å². The Hall–Kier alpha value is 1.44. The molecule has 0 heterocycles. The Morgan fingerprint density at radius 2 is 0.941 bits per heavy atom. The van der Waals surface area contributed by atoms with Gasteiger partial charge >= 0.3 is 0 Å². The van der Waals surface area contributed by atoms with Crippen LogP contribution in [0.4, 0.5) is 0 Å². The number of rotatable bonds is 9. The molecule has 0 rings (SSSR count). The van der Waals surface area contributed by atoms with Crippen LogP contribution in [0.5, 0.6) is 0 Å². The first-order chi connectivity index (χ1) is 6.68. The molecule has 110 valence electrons. The van der Waals surface area contributed by atoms with Crippen molar-refractivity contribution in [2.24, 2.45) is 0 Å². The van der Waals surface area contributed by atoms with E-state index in [4.69, 9.17) is 0 Å². The topological polar surface area (TPSA) is 0 Å². The van der Waals surface area contributed by atoms with Gasteiger partial charge in [0.05, 0.1) is 18.5 Å². The zero-order valence-electron chi connectivity index (χ0n) is 12.3. The van der Waals surface area contributed by atoms with E-state index >= 15 is 0 Å². The van der Waals surface area contributed by atoms with Crippen LogP contribution in [0.25, 0.3) is 0 Å². The standard InChI is InChI=1S/C13H30P.2ClH.H3P/c1-5-8-11-14(4,12-9-6-2)13-10-7-3;;;/h5-13H2,1-4H3;2*1H;1H3/q+1;;;/p-1. The maximum absolute atomic E-state index is 2.62. The molecule has 0 aliphatic carbocycles. The second kappa shape index (κ2) is 17.4. The normalized spacial score (nSPS) is 9.88. The molecule has 0 N–H and O–H groups in total. The van der Waals surface area contributed by atoms with Gasteiger partial charge in [-0.3, -0.25) is 0 Å². The van der Waals surface area contributed by atoms with E-state index in [1.54, 1.807) is 18.5 Å². The Bertz CT molecular complexity index is 111. The molecule has 0 spiro atoms. The fourth-order valence-electron chi connectivity index (χ4n) is 1.95. The van der Waals surface area contributed by atoms with Gasteiger partial charge in [0, 0.05) is 13.9 Å². The van der Waals surface area contributed by atoms with E-state index in [2.05, 4.69) is 27.4 Å². The second-order valence-corrected chi connectivity index (χ2v) is 9.43. The molecule has 0 aromatic rings. The molecule has 17 heavy (non-hydrogen) atoms. The van der Waals surface area contributed by atoms with E-state index in [1.165, 1.54) is 38.5 Å². The van der Waals surface area contributed by atoms with Gasteiger partial charge in [-0.05, 0) is 19.3 Å². The lowest BCUT2D eigenvalue weighted by atomic mass is 10.4. The van der Waals surface area contributed by atoms with E-state index in [0.29, 0.717) is 0 Å². The van der Waals surface area contributed by atoms with Crippen LogP contribution in [-0.2, 0) is 0 Å². The van der Waals surface area contributed by atoms with Gasteiger partial charge in [0.15, 0.2) is 0 Å². The van der Waals surface area contributed by atoms with Gasteiger partial charge in [-0.25, -0.2) is 0 Å². The molecule has 0 aliphatic heterocycles. The predicted octanol–water partition coefficient (Wildman–Crippen LogP) is 2.52. The van der Waals surface area contributed by atoms with Crippen molar-refractivity contribution in [1.29, 1.82) is 0 Å². The van der Waals surface area contributed by atoms with Crippen molar-refractivity contribution >= 4 is 29.6 Å². The average Bonchev–Trinajstić information content (AvgIpc) is 2.21. The average molecular weight is 323 g/mol. The number of unbranched alkanes of at least 4 members (excludes halogenated alkanes) is 3. The van der Waals surface area contributed by atoms with Crippen LogP contribution >= 0.6 is 29.6 Å². The summed E-state index contributed by atoms with van der Waals surface area (Å²) in [5.74, 6) is 0. The summed E-state index contributed by atoms with van der Waals surface area (Å²) in [5.41, 5.74) is 0. The van der Waals surface area contributed by atoms with E-state index in [0.717, 1.165) is 0 Å². The summed E-state index contributed by atoms with van der Waals surface area (Å²) >= 11 is 0. The lowest BCUT2D eigenvalue weighted by molar-refractivity contribution is -0.00000370. The van der Waals surface area contributed by atoms with Crippen LogP contribution in [0.15, 0.2) is 0 Å². The molecular weight excluding hydrogens is 289 g/mol. The first-order valence-corrected chi connectivity index (χ1v) is 9.31. The molecule has 4 heteroatoms. The highest BCUT2D eigenvalue weighted by molar-refractivity contribution is 7.75. The third-order valence-corrected chi connectivity index (χ3v) is 7.34. The number of hydrogen-bond acceptors (Lipinski definition) is 0. The molecule has 1 unspecified atom stereocenters. The third kappa shape index (κ3) is 15.4. The van der Waals surface area contributed by atoms with Crippen molar-refractivity contribution < 1.29 is 12.4 Å². The zero-order valence-corrected chi connectivity index (χ0v) is 16.2. The summed E-state index contributed by atoms with van der Waals surface area (Å²) in [6, 6.07) is 0. The van der Waals surface area contributed by atoms with Crippen LogP contribution in [0.2, 0.25) is 0 Å². The minimum absolute atomic E-state index is 0. The molecule has 0 aliphatic rings. The largest absolute Gasteiger partial charge is 1.00 e. The molecule has 0 saturated carbocycles. The first-order valence-electron chi connectivity index (χ1n) is 6.52. The van der Waals surface area contributed by atoms with Gasteiger partial charge in [-0.15, -0.1) is 12.4 Å². The molecular formula is C13H34Cl2P2. The summed E-state index contributed by atoms with van der Waals surface area (Å²) in [4.78, 5) is 0. The predicted molar refractivity (Wildman–Crippen MR) is 90.5 cm³/mol. The summed E-state index contributed by atoms with van der Waals surface area (Å²) in [6.45, 7) is 9.59. The number of hydrogen-bond donors (Lipinski definition) is 0. The Balaban J connectivity index is -0.000000282. The van der Waals surface area contributed by atoms with Gasteiger partial charge in [0.1, 0.15) is 0 Å². The molecule has 0 bridgehead atoms. The van der Waals surface area contributed by atoms with Gasteiger partial charge < -0.3 is 12.4 Å². The van der Waals surface area contributed by atoms with Crippen LogP contribution in [0, 0.1) is 0 Å². The van der Waals surface area contributed by atoms with Crippen molar-refractivity contribution in [2.75, 3.05) is 25.2 Å². The maximum atomic E-state index is 2.62. The van der Waals surface area contributed by atoms with Crippen LogP contribution < -0.4 is 12.4 Å². The van der Waals surface area contributed by atoms with Gasteiger partial charge in [-0.1, -0.05) is 40.0 Å². The smallest absolute Gasteiger partial charge is 0.0591 e. The Labute approximate surface area is 126 Å². The van der Waals surface area contributed by atoms with Crippen LogP contribution in [-0.4, -0.2) is 25.2 Å². The Kier molecular flexibility index (Phi) is 27.6. The van der Waals surface area contributed by atoms with Crippen molar-refractivity contribution in [3.05, 3.63) is 0 Å². The van der Waals surface area contributed by atoms with Crippen LogP contribution in [0.1, 0.15) is 59.3 Å². The summed E-state index contributed by atoms with van der Waals surface area (Å²) in [7, 11) is -0.519. The highest BCUT2D eigenvalue weighted by Gasteiger charge is 2.28. The van der Waals surface area contributed by atoms with Gasteiger partial charge in [0.25, 0.3) is 0 Å². The van der Waals surface area contributed by atoms with Gasteiger partial charge in [-0.2, -0.15) is 9.90 Å². The van der Waals surface area contributed by atoms with E-state index in [-0.39, 0.29) is 34.7 Å². The summed E-state index contributed by atoms with van der Waals surface area (Å²) in [6.07, 6.45) is 13.2. The Morgan fingerprint density at radius 1 is 0.706 bits per heavy atom. The highest BCUT2D eigenvalue weighted by atomic mass is 35.5. The molecule has 0 amide bonds. The Morgan fingerprint density at radius 3 is 1.12 bits per heavy atom. The third-order valence-electron chi connectivity index (χ3n) is 3.15. The second-order valence-electron chi connectivity index (χ2n) is 4.85. The SMILES string of the molecule is CCCC[P+](C)(CCCC)CCCC.Cl.P.[Cl-]. The van der Waals surface area contributed by atoms with E-state index in [9.17, 15) is 0 Å². The molecule has 0 aromatic carbocycles. The molecule has 0 radical (unpaired) electrons.